The lowest BCUT2D eigenvalue weighted by Crippen LogP contribution is -2.39. The number of piperidine rings is 1. The van der Waals surface area contributed by atoms with Gasteiger partial charge in [0.05, 0.1) is 0 Å². The summed E-state index contributed by atoms with van der Waals surface area (Å²) in [6, 6.07) is 9.35. The quantitative estimate of drug-likeness (QED) is 0.789. The molecule has 3 heteroatoms. The standard InChI is InChI=1S/C16H26N2S/c1-3-11-18-12-9-14(10-13-18)17-15-7-5-6-8-16(15)19-4-2/h5-8,14,17H,3-4,9-13H2,1-2H3. The summed E-state index contributed by atoms with van der Waals surface area (Å²) in [5.41, 5.74) is 1.32. The number of rotatable bonds is 6. The molecule has 0 aliphatic carbocycles. The van der Waals surface area contributed by atoms with E-state index in [2.05, 4.69) is 48.3 Å². The molecular weight excluding hydrogens is 252 g/mol. The summed E-state index contributed by atoms with van der Waals surface area (Å²) in [7, 11) is 0. The van der Waals surface area contributed by atoms with Crippen molar-refractivity contribution in [3.05, 3.63) is 24.3 Å². The number of benzene rings is 1. The van der Waals surface area contributed by atoms with Gasteiger partial charge in [0.1, 0.15) is 0 Å². The van der Waals surface area contributed by atoms with Gasteiger partial charge in [0, 0.05) is 29.7 Å². The van der Waals surface area contributed by atoms with E-state index >= 15 is 0 Å². The Balaban J connectivity index is 1.88. The van der Waals surface area contributed by atoms with E-state index in [4.69, 9.17) is 0 Å². The zero-order valence-electron chi connectivity index (χ0n) is 12.2. The van der Waals surface area contributed by atoms with Gasteiger partial charge < -0.3 is 10.2 Å². The summed E-state index contributed by atoms with van der Waals surface area (Å²) in [6.07, 6.45) is 3.81. The fourth-order valence-corrected chi connectivity index (χ4v) is 3.47. The Morgan fingerprint density at radius 1 is 1.21 bits per heavy atom. The fraction of sp³-hybridized carbons (Fsp3) is 0.625. The molecule has 1 aromatic rings. The molecule has 1 heterocycles. The molecule has 0 radical (unpaired) electrons. The van der Waals surface area contributed by atoms with Crippen molar-refractivity contribution in [2.75, 3.05) is 30.7 Å². The van der Waals surface area contributed by atoms with Crippen LogP contribution < -0.4 is 5.32 Å². The summed E-state index contributed by atoms with van der Waals surface area (Å²) < 4.78 is 0. The minimum absolute atomic E-state index is 0.645. The van der Waals surface area contributed by atoms with Crippen LogP contribution in [0.5, 0.6) is 0 Å². The summed E-state index contributed by atoms with van der Waals surface area (Å²) in [5, 5.41) is 3.75. The summed E-state index contributed by atoms with van der Waals surface area (Å²) in [6.45, 7) is 8.23. The van der Waals surface area contributed by atoms with Crippen LogP contribution in [-0.4, -0.2) is 36.3 Å². The van der Waals surface area contributed by atoms with Gasteiger partial charge in [-0.1, -0.05) is 26.0 Å². The normalized spacial score (nSPS) is 17.6. The molecule has 1 saturated heterocycles. The monoisotopic (exact) mass is 278 g/mol. The van der Waals surface area contributed by atoms with Crippen molar-refractivity contribution in [3.63, 3.8) is 0 Å². The number of likely N-dealkylation sites (tertiary alicyclic amines) is 1. The Bertz CT molecular complexity index is 373. The third-order valence-corrected chi connectivity index (χ3v) is 4.63. The van der Waals surface area contributed by atoms with Crippen molar-refractivity contribution < 1.29 is 0 Å². The van der Waals surface area contributed by atoms with Crippen molar-refractivity contribution in [1.29, 1.82) is 0 Å². The van der Waals surface area contributed by atoms with E-state index in [9.17, 15) is 0 Å². The molecule has 0 unspecified atom stereocenters. The maximum atomic E-state index is 3.75. The first-order valence-electron chi connectivity index (χ1n) is 7.54. The number of thioether (sulfide) groups is 1. The molecule has 0 amide bonds. The molecule has 1 aromatic carbocycles. The number of nitrogens with one attached hydrogen (secondary N) is 1. The highest BCUT2D eigenvalue weighted by molar-refractivity contribution is 7.99. The van der Waals surface area contributed by atoms with Crippen molar-refractivity contribution in [3.8, 4) is 0 Å². The third-order valence-electron chi connectivity index (χ3n) is 3.67. The van der Waals surface area contributed by atoms with Gasteiger partial charge in [-0.3, -0.25) is 0 Å². The van der Waals surface area contributed by atoms with E-state index in [1.165, 1.54) is 49.5 Å². The molecule has 2 rings (SSSR count). The van der Waals surface area contributed by atoms with E-state index in [1.54, 1.807) is 0 Å². The molecule has 106 valence electrons. The van der Waals surface area contributed by atoms with Crippen molar-refractivity contribution in [2.45, 2.75) is 44.0 Å². The largest absolute Gasteiger partial charge is 0.381 e. The highest BCUT2D eigenvalue weighted by Crippen LogP contribution is 2.28. The Hall–Kier alpha value is -0.670. The van der Waals surface area contributed by atoms with Crippen molar-refractivity contribution in [1.82, 2.24) is 4.90 Å². The summed E-state index contributed by atoms with van der Waals surface area (Å²) in [5.74, 6) is 1.13. The van der Waals surface area contributed by atoms with E-state index in [0.29, 0.717) is 6.04 Å². The number of nitrogens with zero attached hydrogens (tertiary/aromatic N) is 1. The average molecular weight is 278 g/mol. The second-order valence-electron chi connectivity index (χ2n) is 5.19. The minimum atomic E-state index is 0.645. The Kier molecular flexibility index (Phi) is 6.05. The van der Waals surface area contributed by atoms with Gasteiger partial charge in [-0.05, 0) is 43.7 Å². The number of hydrogen-bond donors (Lipinski definition) is 1. The molecule has 1 aliphatic rings. The van der Waals surface area contributed by atoms with Crippen LogP contribution in [0, 0.1) is 0 Å². The lowest BCUT2D eigenvalue weighted by atomic mass is 10.0. The maximum Gasteiger partial charge on any atom is 0.0480 e. The first-order chi connectivity index (χ1) is 9.33. The molecule has 2 nitrogen and oxygen atoms in total. The molecule has 0 aromatic heterocycles. The van der Waals surface area contributed by atoms with E-state index in [1.807, 2.05) is 11.8 Å². The molecular formula is C16H26N2S. The topological polar surface area (TPSA) is 15.3 Å². The summed E-state index contributed by atoms with van der Waals surface area (Å²) >= 11 is 1.93. The summed E-state index contributed by atoms with van der Waals surface area (Å²) in [4.78, 5) is 3.98. The molecule has 0 saturated carbocycles. The van der Waals surface area contributed by atoms with Gasteiger partial charge in [0.2, 0.25) is 0 Å². The molecule has 0 bridgehead atoms. The maximum absolute atomic E-state index is 3.75. The SMILES string of the molecule is CCCN1CCC(Nc2ccccc2SCC)CC1. The highest BCUT2D eigenvalue weighted by atomic mass is 32.2. The molecule has 19 heavy (non-hydrogen) atoms. The molecule has 1 fully saturated rings. The predicted molar refractivity (Wildman–Crippen MR) is 86.2 cm³/mol. The van der Waals surface area contributed by atoms with Crippen LogP contribution in [0.1, 0.15) is 33.1 Å². The number of anilines is 1. The van der Waals surface area contributed by atoms with Crippen LogP contribution >= 0.6 is 11.8 Å². The van der Waals surface area contributed by atoms with Crippen molar-refractivity contribution >= 4 is 17.4 Å². The van der Waals surface area contributed by atoms with Gasteiger partial charge in [-0.2, -0.15) is 0 Å². The third kappa shape index (κ3) is 4.43. The van der Waals surface area contributed by atoms with Crippen LogP contribution in [0.4, 0.5) is 5.69 Å². The van der Waals surface area contributed by atoms with Crippen LogP contribution in [0.2, 0.25) is 0 Å². The molecule has 1 aliphatic heterocycles. The van der Waals surface area contributed by atoms with E-state index < -0.39 is 0 Å². The Labute approximate surface area is 122 Å². The molecule has 1 N–H and O–H groups in total. The zero-order valence-corrected chi connectivity index (χ0v) is 13.0. The highest BCUT2D eigenvalue weighted by Gasteiger charge is 2.18. The second-order valence-corrected chi connectivity index (χ2v) is 6.50. The van der Waals surface area contributed by atoms with Crippen LogP contribution in [0.3, 0.4) is 0 Å². The Morgan fingerprint density at radius 3 is 2.63 bits per heavy atom. The first kappa shape index (κ1) is 14.7. The fourth-order valence-electron chi connectivity index (χ4n) is 2.70. The zero-order chi connectivity index (χ0) is 13.5. The predicted octanol–water partition coefficient (Wildman–Crippen LogP) is 4.08. The lowest BCUT2D eigenvalue weighted by molar-refractivity contribution is 0.219. The van der Waals surface area contributed by atoms with Gasteiger partial charge in [-0.25, -0.2) is 0 Å². The molecule has 0 spiro atoms. The number of hydrogen-bond acceptors (Lipinski definition) is 3. The minimum Gasteiger partial charge on any atom is -0.381 e. The van der Waals surface area contributed by atoms with Crippen LogP contribution in [0.15, 0.2) is 29.2 Å². The Morgan fingerprint density at radius 2 is 1.95 bits per heavy atom. The number of para-hydroxylation sites is 1. The smallest absolute Gasteiger partial charge is 0.0480 e. The second kappa shape index (κ2) is 7.81. The van der Waals surface area contributed by atoms with Gasteiger partial charge in [0.15, 0.2) is 0 Å². The van der Waals surface area contributed by atoms with Crippen LogP contribution in [0.25, 0.3) is 0 Å². The van der Waals surface area contributed by atoms with Crippen LogP contribution in [-0.2, 0) is 0 Å². The first-order valence-corrected chi connectivity index (χ1v) is 8.52. The lowest BCUT2D eigenvalue weighted by Gasteiger charge is -2.33. The van der Waals surface area contributed by atoms with Gasteiger partial charge >= 0.3 is 0 Å². The molecule has 0 atom stereocenters. The van der Waals surface area contributed by atoms with Gasteiger partial charge in [0.25, 0.3) is 0 Å². The van der Waals surface area contributed by atoms with Gasteiger partial charge in [-0.15, -0.1) is 11.8 Å². The van der Waals surface area contributed by atoms with E-state index in [0.717, 1.165) is 5.75 Å². The van der Waals surface area contributed by atoms with E-state index in [-0.39, 0.29) is 0 Å². The average Bonchev–Trinajstić information content (AvgIpc) is 2.44. The van der Waals surface area contributed by atoms with Crippen molar-refractivity contribution in [2.24, 2.45) is 0 Å².